The minimum Gasteiger partial charge on any atom is -0.363 e. The molecule has 3 heterocycles. The van der Waals surface area contributed by atoms with Gasteiger partial charge in [0, 0.05) is 36.6 Å². The van der Waals surface area contributed by atoms with E-state index in [4.69, 9.17) is 4.74 Å². The molecule has 0 bridgehead atoms. The first-order chi connectivity index (χ1) is 9.74. The Morgan fingerprint density at radius 1 is 1.25 bits per heavy atom. The molecule has 1 saturated carbocycles. The van der Waals surface area contributed by atoms with Gasteiger partial charge in [-0.25, -0.2) is 0 Å². The number of thioether (sulfide) groups is 1. The Balaban J connectivity index is 1.46. The minimum absolute atomic E-state index is 0.0242. The van der Waals surface area contributed by atoms with Crippen LogP contribution in [0.25, 0.3) is 0 Å². The van der Waals surface area contributed by atoms with E-state index < -0.39 is 0 Å². The molecule has 2 saturated heterocycles. The number of piperidine rings is 1. The predicted molar refractivity (Wildman–Crippen MR) is 82.2 cm³/mol. The minimum atomic E-state index is -0.164. The van der Waals surface area contributed by atoms with Crippen molar-refractivity contribution in [3.63, 3.8) is 0 Å². The fourth-order valence-electron chi connectivity index (χ4n) is 3.38. The summed E-state index contributed by atoms with van der Waals surface area (Å²) < 4.78 is 5.91. The van der Waals surface area contributed by atoms with Crippen LogP contribution in [0.15, 0.2) is 17.5 Å². The Kier molecular flexibility index (Phi) is 3.13. The van der Waals surface area contributed by atoms with E-state index in [0.29, 0.717) is 5.91 Å². The van der Waals surface area contributed by atoms with Crippen molar-refractivity contribution in [2.75, 3.05) is 25.4 Å². The summed E-state index contributed by atoms with van der Waals surface area (Å²) >= 11 is 3.67. The van der Waals surface area contributed by atoms with Crippen molar-refractivity contribution in [3.8, 4) is 0 Å². The quantitative estimate of drug-likeness (QED) is 0.841. The van der Waals surface area contributed by atoms with Gasteiger partial charge in [0.05, 0.1) is 12.0 Å². The molecule has 4 rings (SSSR count). The highest BCUT2D eigenvalue weighted by Gasteiger charge is 2.54. The van der Waals surface area contributed by atoms with Crippen molar-refractivity contribution in [2.45, 2.75) is 36.0 Å². The summed E-state index contributed by atoms with van der Waals surface area (Å²) in [4.78, 5) is 16.2. The van der Waals surface area contributed by atoms with Crippen LogP contribution < -0.4 is 0 Å². The Labute approximate surface area is 127 Å². The lowest BCUT2D eigenvalue weighted by Gasteiger charge is -2.39. The lowest BCUT2D eigenvalue weighted by molar-refractivity contribution is -0.136. The van der Waals surface area contributed by atoms with Crippen molar-refractivity contribution < 1.29 is 9.53 Å². The summed E-state index contributed by atoms with van der Waals surface area (Å²) in [6.45, 7) is 2.59. The highest BCUT2D eigenvalue weighted by Crippen LogP contribution is 2.52. The van der Waals surface area contributed by atoms with Gasteiger partial charge in [-0.1, -0.05) is 6.07 Å². The van der Waals surface area contributed by atoms with Crippen LogP contribution in [0.3, 0.4) is 0 Å². The van der Waals surface area contributed by atoms with Crippen LogP contribution in [0.1, 0.15) is 30.6 Å². The lowest BCUT2D eigenvalue weighted by atomic mass is 9.99. The molecule has 3 aliphatic rings. The normalized spacial score (nSPS) is 26.9. The number of thiophene rings is 1. The summed E-state index contributed by atoms with van der Waals surface area (Å²) in [7, 11) is 0. The zero-order chi connectivity index (χ0) is 13.6. The molecule has 1 aromatic rings. The van der Waals surface area contributed by atoms with Gasteiger partial charge in [0.25, 0.3) is 0 Å². The van der Waals surface area contributed by atoms with E-state index in [9.17, 15) is 4.79 Å². The van der Waals surface area contributed by atoms with Crippen LogP contribution in [-0.4, -0.2) is 41.2 Å². The molecule has 3 fully saturated rings. The Morgan fingerprint density at radius 3 is 2.60 bits per heavy atom. The number of hydrogen-bond acceptors (Lipinski definition) is 4. The predicted octanol–water partition coefficient (Wildman–Crippen LogP) is 2.86. The number of nitrogens with zero attached hydrogens (tertiary/aromatic N) is 1. The second-order valence-corrected chi connectivity index (χ2v) is 8.35. The standard InChI is InChI=1S/C15H19NO2S2/c17-13(14(3-4-14)12-2-1-10-19-12)16-7-5-15(6-8-16)18-9-11-20-15/h1-2,10H,3-9,11H2. The Morgan fingerprint density at radius 2 is 2.05 bits per heavy atom. The van der Waals surface area contributed by atoms with Crippen LogP contribution in [-0.2, 0) is 14.9 Å². The fraction of sp³-hybridized carbons (Fsp3) is 0.667. The first-order valence-electron chi connectivity index (χ1n) is 7.36. The number of likely N-dealkylation sites (tertiary alicyclic amines) is 1. The van der Waals surface area contributed by atoms with Gasteiger partial charge in [-0.15, -0.1) is 23.1 Å². The van der Waals surface area contributed by atoms with Gasteiger partial charge in [0.15, 0.2) is 0 Å². The zero-order valence-corrected chi connectivity index (χ0v) is 13.1. The number of amides is 1. The molecule has 20 heavy (non-hydrogen) atoms. The van der Waals surface area contributed by atoms with Crippen molar-refractivity contribution in [1.29, 1.82) is 0 Å². The average Bonchev–Trinajstić information content (AvgIpc) is 2.91. The fourth-order valence-corrected chi connectivity index (χ4v) is 5.53. The molecule has 2 aliphatic heterocycles. The summed E-state index contributed by atoms with van der Waals surface area (Å²) in [5.74, 6) is 1.46. The molecular formula is C15H19NO2S2. The maximum Gasteiger partial charge on any atom is 0.234 e. The van der Waals surface area contributed by atoms with Crippen molar-refractivity contribution in [1.82, 2.24) is 4.90 Å². The molecule has 1 spiro atoms. The smallest absolute Gasteiger partial charge is 0.234 e. The number of carbonyl (C=O) groups is 1. The van der Waals surface area contributed by atoms with Crippen LogP contribution in [0, 0.1) is 0 Å². The maximum atomic E-state index is 12.9. The van der Waals surface area contributed by atoms with E-state index in [1.54, 1.807) is 11.3 Å². The molecular weight excluding hydrogens is 290 g/mol. The van der Waals surface area contributed by atoms with Gasteiger partial charge >= 0.3 is 0 Å². The van der Waals surface area contributed by atoms with Crippen LogP contribution in [0.2, 0.25) is 0 Å². The van der Waals surface area contributed by atoms with E-state index >= 15 is 0 Å². The highest BCUT2D eigenvalue weighted by molar-refractivity contribution is 8.00. The second-order valence-electron chi connectivity index (χ2n) is 5.96. The first-order valence-corrected chi connectivity index (χ1v) is 9.22. The lowest BCUT2D eigenvalue weighted by Crippen LogP contribution is -2.48. The molecule has 0 atom stereocenters. The number of carbonyl (C=O) groups excluding carboxylic acids is 1. The molecule has 0 radical (unpaired) electrons. The summed E-state index contributed by atoms with van der Waals surface area (Å²) in [5.41, 5.74) is -0.164. The van der Waals surface area contributed by atoms with Crippen LogP contribution in [0.4, 0.5) is 0 Å². The van der Waals surface area contributed by atoms with Crippen LogP contribution in [0.5, 0.6) is 0 Å². The van der Waals surface area contributed by atoms with Crippen molar-refractivity contribution >= 4 is 29.0 Å². The molecule has 0 unspecified atom stereocenters. The zero-order valence-electron chi connectivity index (χ0n) is 11.5. The van der Waals surface area contributed by atoms with E-state index in [-0.39, 0.29) is 10.3 Å². The van der Waals surface area contributed by atoms with Gasteiger partial charge in [-0.2, -0.15) is 0 Å². The molecule has 1 aromatic heterocycles. The van der Waals surface area contributed by atoms with Gasteiger partial charge in [-0.3, -0.25) is 4.79 Å². The SMILES string of the molecule is O=C(N1CCC2(CC1)OCCS2)C1(c2cccs2)CC1. The van der Waals surface area contributed by atoms with Gasteiger partial charge in [0.2, 0.25) is 5.91 Å². The Bertz CT molecular complexity index is 494. The summed E-state index contributed by atoms with van der Waals surface area (Å²) in [5, 5.41) is 2.08. The summed E-state index contributed by atoms with van der Waals surface area (Å²) in [6, 6.07) is 4.18. The van der Waals surface area contributed by atoms with E-state index in [0.717, 1.165) is 51.1 Å². The third-order valence-corrected chi connectivity index (χ3v) is 7.28. The second kappa shape index (κ2) is 4.75. The molecule has 3 nitrogen and oxygen atoms in total. The number of hydrogen-bond donors (Lipinski definition) is 0. The number of rotatable bonds is 2. The van der Waals surface area contributed by atoms with Gasteiger partial charge in [0.1, 0.15) is 4.93 Å². The molecule has 5 heteroatoms. The molecule has 0 aromatic carbocycles. The van der Waals surface area contributed by atoms with E-state index in [2.05, 4.69) is 22.4 Å². The van der Waals surface area contributed by atoms with E-state index in [1.807, 2.05) is 11.8 Å². The largest absolute Gasteiger partial charge is 0.363 e. The third kappa shape index (κ3) is 2.02. The van der Waals surface area contributed by atoms with Gasteiger partial charge < -0.3 is 9.64 Å². The monoisotopic (exact) mass is 309 g/mol. The Hall–Kier alpha value is -0.520. The average molecular weight is 309 g/mol. The molecule has 1 amide bonds. The van der Waals surface area contributed by atoms with Gasteiger partial charge in [-0.05, 0) is 24.3 Å². The number of ether oxygens (including phenoxy) is 1. The van der Waals surface area contributed by atoms with Crippen molar-refractivity contribution in [3.05, 3.63) is 22.4 Å². The van der Waals surface area contributed by atoms with Crippen molar-refractivity contribution in [2.24, 2.45) is 0 Å². The molecule has 1 aliphatic carbocycles. The topological polar surface area (TPSA) is 29.5 Å². The highest BCUT2D eigenvalue weighted by atomic mass is 32.2. The first kappa shape index (κ1) is 13.2. The van der Waals surface area contributed by atoms with Crippen LogP contribution >= 0.6 is 23.1 Å². The third-order valence-electron chi connectivity index (χ3n) is 4.78. The maximum absolute atomic E-state index is 12.9. The van der Waals surface area contributed by atoms with E-state index in [1.165, 1.54) is 4.88 Å². The molecule has 0 N–H and O–H groups in total. The molecule has 108 valence electrons. The summed E-state index contributed by atoms with van der Waals surface area (Å²) in [6.07, 6.45) is 4.03.